The summed E-state index contributed by atoms with van der Waals surface area (Å²) in [5, 5.41) is 13.2. The number of hydrogen-bond acceptors (Lipinski definition) is 3. The first kappa shape index (κ1) is 12.7. The Labute approximate surface area is 113 Å². The van der Waals surface area contributed by atoms with E-state index in [1.165, 1.54) is 11.3 Å². The van der Waals surface area contributed by atoms with Crippen LogP contribution in [0.4, 0.5) is 0 Å². The Morgan fingerprint density at radius 3 is 2.76 bits per heavy atom. The van der Waals surface area contributed by atoms with E-state index in [9.17, 15) is 5.11 Å². The predicted molar refractivity (Wildman–Crippen MR) is 71.4 cm³/mol. The number of benzene rings is 1. The maximum atomic E-state index is 10.3. The Balaban J connectivity index is 2.43. The van der Waals surface area contributed by atoms with Gasteiger partial charge >= 0.3 is 0 Å². The van der Waals surface area contributed by atoms with E-state index in [0.717, 1.165) is 4.88 Å². The molecule has 2 rings (SSSR count). The molecule has 0 saturated carbocycles. The highest BCUT2D eigenvalue weighted by molar-refractivity contribution is 7.10. The van der Waals surface area contributed by atoms with Gasteiger partial charge in [0.1, 0.15) is 11.9 Å². The molecule has 90 valence electrons. The molecular weight excluding hydrogens is 279 g/mol. The number of methoxy groups -OCH3 is 1. The number of aliphatic hydroxyl groups is 1. The van der Waals surface area contributed by atoms with Crippen LogP contribution in [0.15, 0.2) is 29.6 Å². The smallest absolute Gasteiger partial charge is 0.135 e. The van der Waals surface area contributed by atoms with Gasteiger partial charge in [-0.15, -0.1) is 11.3 Å². The SMILES string of the molecule is COc1ccsc1C(O)c1cc(Cl)ccc1Cl. The lowest BCUT2D eigenvalue weighted by atomic mass is 10.1. The van der Waals surface area contributed by atoms with Crippen molar-refractivity contribution in [3.05, 3.63) is 50.1 Å². The van der Waals surface area contributed by atoms with Crippen molar-refractivity contribution in [2.45, 2.75) is 6.10 Å². The summed E-state index contributed by atoms with van der Waals surface area (Å²) >= 11 is 13.4. The van der Waals surface area contributed by atoms with Gasteiger partial charge < -0.3 is 9.84 Å². The van der Waals surface area contributed by atoms with Gasteiger partial charge in [-0.2, -0.15) is 0 Å². The molecule has 0 amide bonds. The lowest BCUT2D eigenvalue weighted by Gasteiger charge is -2.13. The minimum Gasteiger partial charge on any atom is -0.495 e. The molecule has 5 heteroatoms. The van der Waals surface area contributed by atoms with Crippen LogP contribution in [-0.2, 0) is 0 Å². The molecule has 1 unspecified atom stereocenters. The van der Waals surface area contributed by atoms with Gasteiger partial charge in [0.15, 0.2) is 0 Å². The van der Waals surface area contributed by atoms with Crippen LogP contribution in [0.3, 0.4) is 0 Å². The number of rotatable bonds is 3. The van der Waals surface area contributed by atoms with Crippen molar-refractivity contribution in [1.29, 1.82) is 0 Å². The molecule has 1 N–H and O–H groups in total. The van der Waals surface area contributed by atoms with E-state index in [0.29, 0.717) is 21.4 Å². The number of hydrogen-bond donors (Lipinski definition) is 1. The summed E-state index contributed by atoms with van der Waals surface area (Å²) < 4.78 is 5.17. The molecule has 1 aromatic heterocycles. The number of halogens is 2. The molecule has 0 saturated heterocycles. The molecule has 1 heterocycles. The minimum atomic E-state index is -0.823. The van der Waals surface area contributed by atoms with Gasteiger partial charge in [0.2, 0.25) is 0 Å². The van der Waals surface area contributed by atoms with Crippen molar-refractivity contribution in [2.24, 2.45) is 0 Å². The summed E-state index contributed by atoms with van der Waals surface area (Å²) in [5.41, 5.74) is 0.583. The summed E-state index contributed by atoms with van der Waals surface area (Å²) in [6.07, 6.45) is -0.823. The Hall–Kier alpha value is -0.740. The molecular formula is C12H10Cl2O2S. The average Bonchev–Trinajstić information content (AvgIpc) is 2.79. The van der Waals surface area contributed by atoms with Crippen LogP contribution in [0.25, 0.3) is 0 Å². The van der Waals surface area contributed by atoms with Gasteiger partial charge in [0.05, 0.1) is 12.0 Å². The van der Waals surface area contributed by atoms with Crippen LogP contribution in [0.5, 0.6) is 5.75 Å². The van der Waals surface area contributed by atoms with Gasteiger partial charge in [-0.3, -0.25) is 0 Å². The highest BCUT2D eigenvalue weighted by Gasteiger charge is 2.19. The van der Waals surface area contributed by atoms with E-state index < -0.39 is 6.10 Å². The lowest BCUT2D eigenvalue weighted by molar-refractivity contribution is 0.219. The standard InChI is InChI=1S/C12H10Cl2O2S/c1-16-10-4-5-17-12(10)11(15)8-6-7(13)2-3-9(8)14/h2-6,11,15H,1H3. The summed E-state index contributed by atoms with van der Waals surface area (Å²) in [6, 6.07) is 6.82. The molecule has 0 spiro atoms. The zero-order valence-electron chi connectivity index (χ0n) is 8.98. The van der Waals surface area contributed by atoms with Crippen molar-refractivity contribution in [2.75, 3.05) is 7.11 Å². The first-order chi connectivity index (χ1) is 8.13. The van der Waals surface area contributed by atoms with Crippen LogP contribution in [-0.4, -0.2) is 12.2 Å². The molecule has 0 radical (unpaired) electrons. The van der Waals surface area contributed by atoms with Crippen LogP contribution in [0.2, 0.25) is 10.0 Å². The number of ether oxygens (including phenoxy) is 1. The predicted octanol–water partition coefficient (Wildman–Crippen LogP) is 4.15. The van der Waals surface area contributed by atoms with Gasteiger partial charge in [0.25, 0.3) is 0 Å². The van der Waals surface area contributed by atoms with E-state index in [1.54, 1.807) is 25.3 Å². The van der Waals surface area contributed by atoms with Gasteiger partial charge in [-0.25, -0.2) is 0 Å². The molecule has 1 atom stereocenters. The largest absolute Gasteiger partial charge is 0.495 e. The Kier molecular flexibility index (Phi) is 3.94. The highest BCUT2D eigenvalue weighted by Crippen LogP contribution is 2.37. The molecule has 0 aliphatic carbocycles. The van der Waals surface area contributed by atoms with Crippen LogP contribution in [0, 0.1) is 0 Å². The van der Waals surface area contributed by atoms with Gasteiger partial charge in [0, 0.05) is 15.6 Å². The third-order valence-corrected chi connectivity index (χ3v) is 3.91. The fraction of sp³-hybridized carbons (Fsp3) is 0.167. The molecule has 1 aromatic carbocycles. The molecule has 0 aliphatic rings. The minimum absolute atomic E-state index is 0.484. The second kappa shape index (κ2) is 5.27. The topological polar surface area (TPSA) is 29.5 Å². The maximum absolute atomic E-state index is 10.3. The van der Waals surface area contributed by atoms with Crippen molar-refractivity contribution in [3.63, 3.8) is 0 Å². The fourth-order valence-electron chi connectivity index (χ4n) is 1.54. The Bertz CT molecular complexity index is 525. The zero-order valence-corrected chi connectivity index (χ0v) is 11.3. The molecule has 2 nitrogen and oxygen atoms in total. The molecule has 2 aromatic rings. The van der Waals surface area contributed by atoms with E-state index in [2.05, 4.69) is 0 Å². The second-order valence-corrected chi connectivity index (χ2v) is 5.21. The maximum Gasteiger partial charge on any atom is 0.135 e. The van der Waals surface area contributed by atoms with Crippen LogP contribution in [0.1, 0.15) is 16.5 Å². The van der Waals surface area contributed by atoms with Crippen LogP contribution >= 0.6 is 34.5 Å². The van der Waals surface area contributed by atoms with Crippen LogP contribution < -0.4 is 4.74 Å². The Morgan fingerprint density at radius 1 is 1.29 bits per heavy atom. The quantitative estimate of drug-likeness (QED) is 0.920. The lowest BCUT2D eigenvalue weighted by Crippen LogP contribution is -2.00. The van der Waals surface area contributed by atoms with Crippen molar-refractivity contribution in [3.8, 4) is 5.75 Å². The van der Waals surface area contributed by atoms with E-state index in [1.807, 2.05) is 11.4 Å². The van der Waals surface area contributed by atoms with Gasteiger partial charge in [-0.1, -0.05) is 23.2 Å². The number of thiophene rings is 1. The first-order valence-corrected chi connectivity index (χ1v) is 6.51. The second-order valence-electron chi connectivity index (χ2n) is 3.42. The number of aliphatic hydroxyl groups excluding tert-OH is 1. The average molecular weight is 289 g/mol. The van der Waals surface area contributed by atoms with Crippen molar-refractivity contribution < 1.29 is 9.84 Å². The first-order valence-electron chi connectivity index (χ1n) is 4.88. The molecule has 0 aliphatic heterocycles. The van der Waals surface area contributed by atoms with E-state index >= 15 is 0 Å². The summed E-state index contributed by atoms with van der Waals surface area (Å²) in [5.74, 6) is 0.651. The van der Waals surface area contributed by atoms with Gasteiger partial charge in [-0.05, 0) is 29.6 Å². The zero-order chi connectivity index (χ0) is 12.4. The molecule has 0 fully saturated rings. The van der Waals surface area contributed by atoms with Crippen molar-refractivity contribution >= 4 is 34.5 Å². The summed E-state index contributed by atoms with van der Waals surface area (Å²) in [7, 11) is 1.57. The van der Waals surface area contributed by atoms with Crippen molar-refractivity contribution in [1.82, 2.24) is 0 Å². The van der Waals surface area contributed by atoms with E-state index in [-0.39, 0.29) is 0 Å². The molecule has 17 heavy (non-hydrogen) atoms. The Morgan fingerprint density at radius 2 is 2.06 bits per heavy atom. The van der Waals surface area contributed by atoms with E-state index in [4.69, 9.17) is 27.9 Å². The highest BCUT2D eigenvalue weighted by atomic mass is 35.5. The normalized spacial score (nSPS) is 12.5. The summed E-state index contributed by atoms with van der Waals surface area (Å²) in [4.78, 5) is 0.719. The fourth-order valence-corrected chi connectivity index (χ4v) is 2.81. The molecule has 0 bridgehead atoms. The summed E-state index contributed by atoms with van der Waals surface area (Å²) in [6.45, 7) is 0. The monoisotopic (exact) mass is 288 g/mol. The third kappa shape index (κ3) is 2.58. The third-order valence-electron chi connectivity index (χ3n) is 2.38.